The lowest BCUT2D eigenvalue weighted by Gasteiger charge is -2.12. The van der Waals surface area contributed by atoms with E-state index in [4.69, 9.17) is 28.1 Å². The number of benzene rings is 3. The van der Waals surface area contributed by atoms with Crippen LogP contribution < -0.4 is 23.7 Å². The molecule has 0 unspecified atom stereocenters. The van der Waals surface area contributed by atoms with Crippen LogP contribution in [-0.4, -0.2) is 33.1 Å². The van der Waals surface area contributed by atoms with Crippen molar-refractivity contribution < 1.29 is 37.7 Å². The largest absolute Gasteiger partial charge is 0.496 e. The van der Waals surface area contributed by atoms with E-state index in [1.807, 2.05) is 18.2 Å². The molecule has 0 spiro atoms. The number of ether oxygens (including phenoxy) is 5. The Morgan fingerprint density at radius 3 is 2.31 bits per heavy atom. The predicted octanol–water partition coefficient (Wildman–Crippen LogP) is 5.60. The normalized spacial score (nSPS) is 13.4. The number of rotatable bonds is 6. The van der Waals surface area contributed by atoms with Gasteiger partial charge >= 0.3 is 5.97 Å². The van der Waals surface area contributed by atoms with E-state index in [9.17, 15) is 9.59 Å². The number of hydrogen-bond acceptors (Lipinski definition) is 8. The number of methoxy groups -OCH3 is 3. The molecule has 0 aliphatic carbocycles. The van der Waals surface area contributed by atoms with E-state index >= 15 is 0 Å². The van der Waals surface area contributed by atoms with Crippen LogP contribution in [0.3, 0.4) is 0 Å². The third-order valence-electron chi connectivity index (χ3n) is 5.89. The molecule has 0 saturated heterocycles. The fourth-order valence-corrected chi connectivity index (χ4v) is 4.02. The maximum absolute atomic E-state index is 13.1. The molecule has 0 N–H and O–H groups in total. The standard InChI is InChI=1S/C28H22O8/c1-15-19(36-28(30)25-11-16-7-5-6-8-20(16)34-25)10-9-18-26(29)24(35-27(15)18)13-17-12-22(32-3)23(33-4)14-21(17)31-2/h5-14H,1-4H3/b24-13-. The molecule has 0 amide bonds. The van der Waals surface area contributed by atoms with E-state index in [1.165, 1.54) is 21.3 Å². The molecule has 3 aromatic carbocycles. The van der Waals surface area contributed by atoms with E-state index < -0.39 is 5.97 Å². The van der Waals surface area contributed by atoms with Crippen molar-refractivity contribution in [3.05, 3.63) is 82.8 Å². The van der Waals surface area contributed by atoms with Crippen LogP contribution in [0, 0.1) is 6.92 Å². The zero-order chi connectivity index (χ0) is 25.4. The van der Waals surface area contributed by atoms with Gasteiger partial charge in [0.1, 0.15) is 22.8 Å². The molecule has 0 bridgehead atoms. The van der Waals surface area contributed by atoms with Gasteiger partial charge in [-0.2, -0.15) is 0 Å². The second kappa shape index (κ2) is 9.14. The summed E-state index contributed by atoms with van der Waals surface area (Å²) < 4.78 is 33.2. The summed E-state index contributed by atoms with van der Waals surface area (Å²) in [5.41, 5.74) is 2.03. The van der Waals surface area contributed by atoms with Crippen LogP contribution in [0.2, 0.25) is 0 Å². The van der Waals surface area contributed by atoms with Crippen molar-refractivity contribution in [2.75, 3.05) is 21.3 Å². The third-order valence-corrected chi connectivity index (χ3v) is 5.89. The van der Waals surface area contributed by atoms with Gasteiger partial charge in [-0.15, -0.1) is 0 Å². The van der Waals surface area contributed by atoms with Gasteiger partial charge in [-0.3, -0.25) is 4.79 Å². The molecule has 8 nitrogen and oxygen atoms in total. The van der Waals surface area contributed by atoms with Crippen LogP contribution >= 0.6 is 0 Å². The first-order valence-corrected chi connectivity index (χ1v) is 11.0. The number of allylic oxidation sites excluding steroid dienone is 1. The van der Waals surface area contributed by atoms with Gasteiger partial charge in [-0.05, 0) is 43.3 Å². The van der Waals surface area contributed by atoms with Crippen LogP contribution in [0.25, 0.3) is 17.0 Å². The summed E-state index contributed by atoms with van der Waals surface area (Å²) in [6, 6.07) is 15.4. The second-order valence-corrected chi connectivity index (χ2v) is 7.99. The Hall–Kier alpha value is -4.72. The molecule has 1 aliphatic heterocycles. The van der Waals surface area contributed by atoms with Crippen LogP contribution in [0.15, 0.2) is 64.8 Å². The van der Waals surface area contributed by atoms with Gasteiger partial charge in [-0.1, -0.05) is 18.2 Å². The number of Topliss-reactive ketones (excluding diaryl/α,β-unsaturated/α-hetero) is 1. The molecule has 1 aliphatic rings. The minimum atomic E-state index is -0.649. The van der Waals surface area contributed by atoms with Crippen LogP contribution in [-0.2, 0) is 0 Å². The summed E-state index contributed by atoms with van der Waals surface area (Å²) in [5.74, 6) is 1.25. The maximum atomic E-state index is 13.1. The van der Waals surface area contributed by atoms with E-state index in [2.05, 4.69) is 0 Å². The van der Waals surface area contributed by atoms with Crippen molar-refractivity contribution in [2.24, 2.45) is 0 Å². The fourth-order valence-electron chi connectivity index (χ4n) is 4.02. The van der Waals surface area contributed by atoms with Gasteiger partial charge in [0.05, 0.1) is 26.9 Å². The Labute approximate surface area is 206 Å². The number of para-hydroxylation sites is 1. The number of furan rings is 1. The SMILES string of the molecule is COc1cc(OC)c(OC)cc1/C=C1\Oc2c(ccc(OC(=O)c3cc4ccccc4o3)c2C)C1=O. The summed E-state index contributed by atoms with van der Waals surface area (Å²) in [4.78, 5) is 25.8. The Morgan fingerprint density at radius 1 is 0.861 bits per heavy atom. The van der Waals surface area contributed by atoms with Crippen molar-refractivity contribution in [3.8, 4) is 28.7 Å². The molecular formula is C28H22O8. The van der Waals surface area contributed by atoms with Gasteiger partial charge in [0, 0.05) is 22.6 Å². The Morgan fingerprint density at radius 2 is 1.58 bits per heavy atom. The van der Waals surface area contributed by atoms with Crippen molar-refractivity contribution in [2.45, 2.75) is 6.92 Å². The van der Waals surface area contributed by atoms with Crippen molar-refractivity contribution in [3.63, 3.8) is 0 Å². The number of carbonyl (C=O) groups is 2. The Bertz CT molecular complexity index is 1510. The summed E-state index contributed by atoms with van der Waals surface area (Å²) >= 11 is 0. The van der Waals surface area contributed by atoms with Crippen LogP contribution in [0.1, 0.15) is 32.0 Å². The molecule has 182 valence electrons. The maximum Gasteiger partial charge on any atom is 0.379 e. The van der Waals surface area contributed by atoms with Gasteiger partial charge < -0.3 is 28.1 Å². The third kappa shape index (κ3) is 3.92. The number of hydrogen-bond donors (Lipinski definition) is 0. The second-order valence-electron chi connectivity index (χ2n) is 7.99. The van der Waals surface area contributed by atoms with Gasteiger partial charge in [0.25, 0.3) is 0 Å². The number of esters is 1. The zero-order valence-corrected chi connectivity index (χ0v) is 20.0. The summed E-state index contributed by atoms with van der Waals surface area (Å²) in [6.45, 7) is 1.72. The van der Waals surface area contributed by atoms with Crippen molar-refractivity contribution >= 4 is 28.8 Å². The van der Waals surface area contributed by atoms with E-state index in [0.29, 0.717) is 45.3 Å². The zero-order valence-electron chi connectivity index (χ0n) is 20.0. The molecular weight excluding hydrogens is 464 g/mol. The summed E-state index contributed by atoms with van der Waals surface area (Å²) in [7, 11) is 4.56. The highest BCUT2D eigenvalue weighted by Gasteiger charge is 2.31. The lowest BCUT2D eigenvalue weighted by atomic mass is 10.1. The summed E-state index contributed by atoms with van der Waals surface area (Å²) in [5, 5.41) is 0.796. The lowest BCUT2D eigenvalue weighted by Crippen LogP contribution is -2.08. The molecule has 0 saturated carbocycles. The molecule has 0 radical (unpaired) electrons. The van der Waals surface area contributed by atoms with E-state index in [0.717, 1.165) is 5.39 Å². The Kier molecular flexibility index (Phi) is 5.85. The highest BCUT2D eigenvalue weighted by molar-refractivity contribution is 6.15. The van der Waals surface area contributed by atoms with Crippen molar-refractivity contribution in [1.82, 2.24) is 0 Å². The number of carbonyl (C=O) groups excluding carboxylic acids is 2. The quantitative estimate of drug-likeness (QED) is 0.197. The van der Waals surface area contributed by atoms with Gasteiger partial charge in [0.2, 0.25) is 11.5 Å². The van der Waals surface area contributed by atoms with Crippen LogP contribution in [0.5, 0.6) is 28.7 Å². The Balaban J connectivity index is 1.44. The smallest absolute Gasteiger partial charge is 0.379 e. The molecule has 0 atom stereocenters. The average Bonchev–Trinajstić information content (AvgIpc) is 3.47. The van der Waals surface area contributed by atoms with Gasteiger partial charge in [0.15, 0.2) is 17.3 Å². The molecule has 1 aromatic heterocycles. The fraction of sp³-hybridized carbons (Fsp3) is 0.143. The van der Waals surface area contributed by atoms with E-state index in [1.54, 1.807) is 49.4 Å². The van der Waals surface area contributed by atoms with E-state index in [-0.39, 0.29) is 23.1 Å². The monoisotopic (exact) mass is 486 g/mol. The number of ketones is 1. The molecule has 5 rings (SSSR count). The first-order chi connectivity index (χ1) is 17.4. The number of fused-ring (bicyclic) bond motifs is 2. The molecule has 8 heteroatoms. The predicted molar refractivity (Wildman–Crippen MR) is 131 cm³/mol. The molecule has 36 heavy (non-hydrogen) atoms. The first-order valence-electron chi connectivity index (χ1n) is 11.0. The molecule has 0 fully saturated rings. The van der Waals surface area contributed by atoms with Crippen molar-refractivity contribution in [1.29, 1.82) is 0 Å². The van der Waals surface area contributed by atoms with Gasteiger partial charge in [-0.25, -0.2) is 4.79 Å². The average molecular weight is 486 g/mol. The minimum Gasteiger partial charge on any atom is -0.496 e. The van der Waals surface area contributed by atoms with Crippen LogP contribution in [0.4, 0.5) is 0 Å². The molecule has 4 aromatic rings. The summed E-state index contributed by atoms with van der Waals surface area (Å²) in [6.07, 6.45) is 1.57. The topological polar surface area (TPSA) is 93.4 Å². The molecule has 2 heterocycles. The lowest BCUT2D eigenvalue weighted by molar-refractivity contribution is 0.0702. The minimum absolute atomic E-state index is 0.0780. The highest BCUT2D eigenvalue weighted by Crippen LogP contribution is 2.41. The first kappa shape index (κ1) is 23.0. The highest BCUT2D eigenvalue weighted by atomic mass is 16.6.